The minimum atomic E-state index is -3.59. The Kier molecular flexibility index (Phi) is 3.26. The van der Waals surface area contributed by atoms with E-state index < -0.39 is 21.2 Å². The summed E-state index contributed by atoms with van der Waals surface area (Å²) < 4.78 is 29.5. The average molecular weight is 332 g/mol. The van der Waals surface area contributed by atoms with Crippen LogP contribution in [0.25, 0.3) is 21.9 Å². The van der Waals surface area contributed by atoms with Crippen molar-refractivity contribution in [1.82, 2.24) is 0 Å². The van der Waals surface area contributed by atoms with Crippen LogP contribution < -0.4 is 5.43 Å². The zero-order chi connectivity index (χ0) is 16.9. The van der Waals surface area contributed by atoms with Crippen LogP contribution in [0.4, 0.5) is 0 Å². The molecular formula is C16H12O6S. The molecule has 3 aromatic rings. The van der Waals surface area contributed by atoms with Crippen molar-refractivity contribution in [3.8, 4) is 0 Å². The van der Waals surface area contributed by atoms with Gasteiger partial charge in [-0.2, -0.15) is 0 Å². The molecule has 118 valence electrons. The van der Waals surface area contributed by atoms with Gasteiger partial charge in [-0.1, -0.05) is 0 Å². The number of hydrogen-bond acceptors (Lipinski definition) is 5. The zero-order valence-corrected chi connectivity index (χ0v) is 13.1. The molecule has 0 unspecified atom stereocenters. The van der Waals surface area contributed by atoms with Crippen LogP contribution in [0.1, 0.15) is 15.9 Å². The largest absolute Gasteiger partial charge is 0.478 e. The van der Waals surface area contributed by atoms with E-state index >= 15 is 0 Å². The van der Waals surface area contributed by atoms with Gasteiger partial charge in [-0.3, -0.25) is 4.79 Å². The number of carbonyl (C=O) groups is 1. The van der Waals surface area contributed by atoms with E-state index in [1.54, 1.807) is 6.92 Å². The number of benzene rings is 2. The molecule has 23 heavy (non-hydrogen) atoms. The quantitative estimate of drug-likeness (QED) is 0.723. The molecule has 2 aromatic carbocycles. The first-order valence-electron chi connectivity index (χ1n) is 6.63. The molecule has 0 saturated heterocycles. The van der Waals surface area contributed by atoms with E-state index in [-0.39, 0.29) is 32.4 Å². The summed E-state index contributed by atoms with van der Waals surface area (Å²) >= 11 is 0. The summed E-state index contributed by atoms with van der Waals surface area (Å²) in [6.45, 7) is 1.67. The maximum Gasteiger partial charge on any atom is 0.335 e. The molecule has 0 fully saturated rings. The minimum absolute atomic E-state index is 0.0151. The third-order valence-corrected chi connectivity index (χ3v) is 4.63. The maximum absolute atomic E-state index is 12.6. The Hall–Kier alpha value is -2.67. The van der Waals surface area contributed by atoms with Crippen molar-refractivity contribution in [2.45, 2.75) is 11.8 Å². The van der Waals surface area contributed by atoms with E-state index in [0.717, 1.165) is 6.26 Å². The van der Waals surface area contributed by atoms with Gasteiger partial charge in [0.05, 0.1) is 16.3 Å². The summed E-state index contributed by atoms with van der Waals surface area (Å²) in [6.07, 6.45) is 1.04. The van der Waals surface area contributed by atoms with Crippen molar-refractivity contribution in [3.05, 3.63) is 51.7 Å². The minimum Gasteiger partial charge on any atom is -0.478 e. The first kappa shape index (κ1) is 15.2. The topological polar surface area (TPSA) is 102 Å². The SMILES string of the molecule is Cc1cc(S(C)(=O)=O)c2oc3ccc(C(=O)O)cc3c(=O)c2c1. The van der Waals surface area contributed by atoms with Crippen LogP contribution in [0.2, 0.25) is 0 Å². The molecule has 0 radical (unpaired) electrons. The fourth-order valence-electron chi connectivity index (χ4n) is 2.47. The second kappa shape index (κ2) is 4.92. The molecule has 3 rings (SSSR count). The average Bonchev–Trinajstić information content (AvgIpc) is 2.46. The van der Waals surface area contributed by atoms with Crippen LogP contribution in [0.3, 0.4) is 0 Å². The lowest BCUT2D eigenvalue weighted by molar-refractivity contribution is 0.0697. The molecule has 6 nitrogen and oxygen atoms in total. The second-order valence-corrected chi connectivity index (χ2v) is 7.34. The van der Waals surface area contributed by atoms with Crippen LogP contribution in [0.5, 0.6) is 0 Å². The number of sulfone groups is 1. The van der Waals surface area contributed by atoms with Gasteiger partial charge >= 0.3 is 5.97 Å². The molecule has 0 aliphatic rings. The number of carboxylic acids is 1. The van der Waals surface area contributed by atoms with E-state index in [0.29, 0.717) is 5.56 Å². The number of rotatable bonds is 2. The van der Waals surface area contributed by atoms with Crippen molar-refractivity contribution in [1.29, 1.82) is 0 Å². The fraction of sp³-hybridized carbons (Fsp3) is 0.125. The predicted octanol–water partition coefficient (Wildman–Crippen LogP) is 2.36. The van der Waals surface area contributed by atoms with Gasteiger partial charge in [-0.05, 0) is 42.8 Å². The fourth-order valence-corrected chi connectivity index (χ4v) is 3.36. The number of fused-ring (bicyclic) bond motifs is 2. The Morgan fingerprint density at radius 3 is 2.43 bits per heavy atom. The number of hydrogen-bond donors (Lipinski definition) is 1. The van der Waals surface area contributed by atoms with E-state index in [4.69, 9.17) is 9.52 Å². The molecule has 0 bridgehead atoms. The highest BCUT2D eigenvalue weighted by molar-refractivity contribution is 7.91. The van der Waals surface area contributed by atoms with E-state index in [2.05, 4.69) is 0 Å². The Bertz CT molecular complexity index is 1140. The lowest BCUT2D eigenvalue weighted by Crippen LogP contribution is -2.08. The first-order chi connectivity index (χ1) is 10.7. The molecule has 0 aliphatic carbocycles. The van der Waals surface area contributed by atoms with E-state index in [1.165, 1.54) is 30.3 Å². The predicted molar refractivity (Wildman–Crippen MR) is 84.8 cm³/mol. The Labute approximate surface area is 130 Å². The third-order valence-electron chi connectivity index (χ3n) is 3.53. The van der Waals surface area contributed by atoms with Crippen LogP contribution in [0.15, 0.2) is 44.4 Å². The van der Waals surface area contributed by atoms with Gasteiger partial charge in [-0.15, -0.1) is 0 Å². The molecule has 1 heterocycles. The molecule has 0 saturated carbocycles. The second-order valence-electron chi connectivity index (χ2n) is 5.36. The van der Waals surface area contributed by atoms with Crippen LogP contribution in [0, 0.1) is 6.92 Å². The highest BCUT2D eigenvalue weighted by Gasteiger charge is 2.19. The molecule has 0 aliphatic heterocycles. The molecule has 1 aromatic heterocycles. The number of aromatic carboxylic acids is 1. The smallest absolute Gasteiger partial charge is 0.335 e. The standard InChI is InChI=1S/C16H12O6S/c1-8-5-11-14(17)10-7-9(16(18)19)3-4-12(10)22-15(11)13(6-8)23(2,20)21/h3-7H,1-2H3,(H,18,19). The zero-order valence-electron chi connectivity index (χ0n) is 12.3. The van der Waals surface area contributed by atoms with Crippen molar-refractivity contribution in [2.24, 2.45) is 0 Å². The normalized spacial score (nSPS) is 11.9. The van der Waals surface area contributed by atoms with Crippen molar-refractivity contribution in [3.63, 3.8) is 0 Å². The van der Waals surface area contributed by atoms with Crippen molar-refractivity contribution < 1.29 is 22.7 Å². The Balaban J connectivity index is 2.56. The third kappa shape index (κ3) is 2.49. The van der Waals surface area contributed by atoms with Crippen LogP contribution in [-0.4, -0.2) is 25.7 Å². The van der Waals surface area contributed by atoms with Crippen molar-refractivity contribution in [2.75, 3.05) is 6.26 Å². The molecule has 7 heteroatoms. The highest BCUT2D eigenvalue weighted by Crippen LogP contribution is 2.27. The van der Waals surface area contributed by atoms with Gasteiger partial charge in [0.25, 0.3) is 0 Å². The van der Waals surface area contributed by atoms with Gasteiger partial charge in [0.15, 0.2) is 15.4 Å². The molecule has 0 amide bonds. The van der Waals surface area contributed by atoms with Gasteiger partial charge < -0.3 is 9.52 Å². The molecule has 1 N–H and O–H groups in total. The molecular weight excluding hydrogens is 320 g/mol. The Morgan fingerprint density at radius 2 is 1.83 bits per heavy atom. The van der Waals surface area contributed by atoms with Gasteiger partial charge in [0.1, 0.15) is 10.5 Å². The van der Waals surface area contributed by atoms with Gasteiger partial charge in [-0.25, -0.2) is 13.2 Å². The monoisotopic (exact) mass is 332 g/mol. The lowest BCUT2D eigenvalue weighted by Gasteiger charge is -2.07. The summed E-state index contributed by atoms with van der Waals surface area (Å²) in [7, 11) is -3.59. The summed E-state index contributed by atoms with van der Waals surface area (Å²) in [5.74, 6) is -1.16. The summed E-state index contributed by atoms with van der Waals surface area (Å²) in [5, 5.41) is 9.24. The highest BCUT2D eigenvalue weighted by atomic mass is 32.2. The van der Waals surface area contributed by atoms with Gasteiger partial charge in [0.2, 0.25) is 5.43 Å². The van der Waals surface area contributed by atoms with Crippen LogP contribution >= 0.6 is 0 Å². The molecule has 0 spiro atoms. The van der Waals surface area contributed by atoms with E-state index in [1.807, 2.05) is 0 Å². The first-order valence-corrected chi connectivity index (χ1v) is 8.52. The van der Waals surface area contributed by atoms with Crippen molar-refractivity contribution >= 4 is 37.7 Å². The molecule has 0 atom stereocenters. The lowest BCUT2D eigenvalue weighted by atomic mass is 10.1. The van der Waals surface area contributed by atoms with Crippen LogP contribution in [-0.2, 0) is 9.84 Å². The summed E-state index contributed by atoms with van der Waals surface area (Å²) in [6, 6.07) is 6.85. The number of carboxylic acid groups (broad SMARTS) is 1. The summed E-state index contributed by atoms with van der Waals surface area (Å²) in [4.78, 5) is 23.6. The Morgan fingerprint density at radius 1 is 1.13 bits per heavy atom. The summed E-state index contributed by atoms with van der Waals surface area (Å²) in [5.41, 5.74) is 0.219. The van der Waals surface area contributed by atoms with E-state index in [9.17, 15) is 18.0 Å². The van der Waals surface area contributed by atoms with Gasteiger partial charge in [0, 0.05) is 6.26 Å². The maximum atomic E-state index is 12.6. The number of aryl methyl sites for hydroxylation is 1.